The Bertz CT molecular complexity index is 314. The molecule has 6 heteroatoms. The summed E-state index contributed by atoms with van der Waals surface area (Å²) in [7, 11) is 0. The summed E-state index contributed by atoms with van der Waals surface area (Å²) in [4.78, 5) is 0. The smallest absolute Gasteiger partial charge is 0.326 e. The van der Waals surface area contributed by atoms with Crippen LogP contribution in [0.1, 0.15) is 18.3 Å². The topological polar surface area (TPSA) is 43.8 Å². The van der Waals surface area contributed by atoms with Crippen LogP contribution < -0.4 is 5.73 Å². The maximum Gasteiger partial charge on any atom is 0.433 e. The summed E-state index contributed by atoms with van der Waals surface area (Å²) in [6.07, 6.45) is -4.36. The molecule has 0 radical (unpaired) electrons. The van der Waals surface area contributed by atoms with Gasteiger partial charge in [0.1, 0.15) is 5.69 Å². The third kappa shape index (κ3) is 2.47. The van der Waals surface area contributed by atoms with Crippen molar-refractivity contribution in [2.45, 2.75) is 32.6 Å². The van der Waals surface area contributed by atoms with Crippen molar-refractivity contribution in [3.8, 4) is 0 Å². The molecule has 1 heterocycles. The molecule has 80 valence electrons. The van der Waals surface area contributed by atoms with Gasteiger partial charge in [-0.05, 0) is 19.9 Å². The molecule has 0 aromatic carbocycles. The molecule has 2 N–H and O–H groups in total. The molecule has 0 fully saturated rings. The largest absolute Gasteiger partial charge is 0.433 e. The molecule has 1 rings (SSSR count). The lowest BCUT2D eigenvalue weighted by Crippen LogP contribution is -2.26. The molecule has 0 saturated carbocycles. The van der Waals surface area contributed by atoms with E-state index in [1.165, 1.54) is 6.92 Å². The number of halogens is 3. The maximum atomic E-state index is 12.4. The van der Waals surface area contributed by atoms with Crippen molar-refractivity contribution in [1.82, 2.24) is 9.78 Å². The van der Waals surface area contributed by atoms with Crippen LogP contribution in [0.4, 0.5) is 13.2 Å². The van der Waals surface area contributed by atoms with Gasteiger partial charge in [0.15, 0.2) is 0 Å². The monoisotopic (exact) mass is 207 g/mol. The highest BCUT2D eigenvalue weighted by Crippen LogP contribution is 2.29. The van der Waals surface area contributed by atoms with E-state index in [9.17, 15) is 13.2 Å². The third-order valence-electron chi connectivity index (χ3n) is 1.65. The van der Waals surface area contributed by atoms with Crippen LogP contribution in [0.2, 0.25) is 0 Å². The molecule has 1 unspecified atom stereocenters. The van der Waals surface area contributed by atoms with E-state index >= 15 is 0 Å². The lowest BCUT2D eigenvalue weighted by Gasteiger charge is -2.11. The van der Waals surface area contributed by atoms with Gasteiger partial charge in [-0.3, -0.25) is 4.68 Å². The molecule has 14 heavy (non-hydrogen) atoms. The molecule has 1 atom stereocenters. The zero-order valence-electron chi connectivity index (χ0n) is 7.97. The molecule has 0 saturated heterocycles. The Hall–Kier alpha value is -1.04. The Kier molecular flexibility index (Phi) is 2.84. The quantitative estimate of drug-likeness (QED) is 0.799. The summed E-state index contributed by atoms with van der Waals surface area (Å²) in [6, 6.07) is 0.665. The van der Waals surface area contributed by atoms with E-state index in [-0.39, 0.29) is 12.6 Å². The fourth-order valence-corrected chi connectivity index (χ4v) is 1.19. The zero-order chi connectivity index (χ0) is 10.9. The minimum absolute atomic E-state index is 0.0721. The third-order valence-corrected chi connectivity index (χ3v) is 1.65. The van der Waals surface area contributed by atoms with Crippen LogP contribution in [0.25, 0.3) is 0 Å². The van der Waals surface area contributed by atoms with Gasteiger partial charge in [-0.1, -0.05) is 0 Å². The Balaban J connectivity index is 3.03. The Morgan fingerprint density at radius 2 is 2.14 bits per heavy atom. The van der Waals surface area contributed by atoms with Crippen molar-refractivity contribution in [3.05, 3.63) is 17.5 Å². The Morgan fingerprint density at radius 1 is 1.57 bits per heavy atom. The molecule has 3 nitrogen and oxygen atoms in total. The second-order valence-corrected chi connectivity index (χ2v) is 3.33. The van der Waals surface area contributed by atoms with E-state index in [4.69, 9.17) is 5.73 Å². The summed E-state index contributed by atoms with van der Waals surface area (Å²) in [5, 5.41) is 3.73. The number of rotatable bonds is 2. The average Bonchev–Trinajstić information content (AvgIpc) is 2.28. The molecule has 0 aliphatic rings. The van der Waals surface area contributed by atoms with E-state index in [0.717, 1.165) is 10.7 Å². The van der Waals surface area contributed by atoms with Crippen molar-refractivity contribution < 1.29 is 13.2 Å². The van der Waals surface area contributed by atoms with Crippen molar-refractivity contribution in [1.29, 1.82) is 0 Å². The number of nitrogens with two attached hydrogens (primary N) is 1. The van der Waals surface area contributed by atoms with Crippen LogP contribution in [0.5, 0.6) is 0 Å². The lowest BCUT2D eigenvalue weighted by atomic mass is 10.3. The first-order valence-corrected chi connectivity index (χ1v) is 4.18. The number of hydrogen-bond acceptors (Lipinski definition) is 2. The van der Waals surface area contributed by atoms with Gasteiger partial charge in [0, 0.05) is 6.04 Å². The van der Waals surface area contributed by atoms with Crippen LogP contribution in [0.15, 0.2) is 6.07 Å². The predicted molar refractivity (Wildman–Crippen MR) is 45.6 cm³/mol. The first kappa shape index (κ1) is 11.0. The van der Waals surface area contributed by atoms with E-state index < -0.39 is 11.9 Å². The van der Waals surface area contributed by atoms with Gasteiger partial charge in [-0.2, -0.15) is 18.3 Å². The molecule has 1 aromatic heterocycles. The van der Waals surface area contributed by atoms with Crippen LogP contribution in [-0.2, 0) is 12.7 Å². The SMILES string of the molecule is Cc1cc(C(F)(F)F)n(CC(C)N)n1. The molecular weight excluding hydrogens is 195 g/mol. The Morgan fingerprint density at radius 3 is 2.57 bits per heavy atom. The van der Waals surface area contributed by atoms with Crippen molar-refractivity contribution in [2.75, 3.05) is 0 Å². The van der Waals surface area contributed by atoms with E-state index in [1.54, 1.807) is 6.92 Å². The number of aryl methyl sites for hydroxylation is 1. The number of hydrogen-bond donors (Lipinski definition) is 1. The molecule has 0 aliphatic heterocycles. The summed E-state index contributed by atoms with van der Waals surface area (Å²) < 4.78 is 38.1. The zero-order valence-corrected chi connectivity index (χ0v) is 7.97. The number of aromatic nitrogens is 2. The van der Waals surface area contributed by atoms with Crippen molar-refractivity contribution in [2.24, 2.45) is 5.73 Å². The second-order valence-electron chi connectivity index (χ2n) is 3.33. The van der Waals surface area contributed by atoms with Gasteiger partial charge in [0.2, 0.25) is 0 Å². The molecule has 0 spiro atoms. The van der Waals surface area contributed by atoms with E-state index in [1.807, 2.05) is 0 Å². The summed E-state index contributed by atoms with van der Waals surface area (Å²) in [6.45, 7) is 3.23. The highest BCUT2D eigenvalue weighted by atomic mass is 19.4. The minimum atomic E-state index is -4.36. The average molecular weight is 207 g/mol. The van der Waals surface area contributed by atoms with Gasteiger partial charge in [0.25, 0.3) is 0 Å². The van der Waals surface area contributed by atoms with Crippen LogP contribution >= 0.6 is 0 Å². The standard InChI is InChI=1S/C8H12F3N3/c1-5(12)4-14-7(8(9,10)11)3-6(2)13-14/h3,5H,4,12H2,1-2H3. The maximum absolute atomic E-state index is 12.4. The summed E-state index contributed by atoms with van der Waals surface area (Å²) in [5.74, 6) is 0. The lowest BCUT2D eigenvalue weighted by molar-refractivity contribution is -0.144. The highest BCUT2D eigenvalue weighted by molar-refractivity contribution is 5.12. The predicted octanol–water partition coefficient (Wildman–Crippen LogP) is 1.56. The highest BCUT2D eigenvalue weighted by Gasteiger charge is 2.35. The molecule has 0 bridgehead atoms. The van der Waals surface area contributed by atoms with Gasteiger partial charge in [-0.25, -0.2) is 0 Å². The molecule has 0 aliphatic carbocycles. The molecular formula is C8H12F3N3. The van der Waals surface area contributed by atoms with Crippen molar-refractivity contribution in [3.63, 3.8) is 0 Å². The number of alkyl halides is 3. The second kappa shape index (κ2) is 3.61. The Labute approximate surface area is 79.7 Å². The minimum Gasteiger partial charge on any atom is -0.326 e. The van der Waals surface area contributed by atoms with Crippen LogP contribution in [-0.4, -0.2) is 15.8 Å². The normalized spacial score (nSPS) is 14.4. The molecule has 1 aromatic rings. The fourth-order valence-electron chi connectivity index (χ4n) is 1.19. The van der Waals surface area contributed by atoms with Crippen LogP contribution in [0, 0.1) is 6.92 Å². The van der Waals surface area contributed by atoms with Crippen molar-refractivity contribution >= 4 is 0 Å². The van der Waals surface area contributed by atoms with Crippen LogP contribution in [0.3, 0.4) is 0 Å². The molecule has 0 amide bonds. The fraction of sp³-hybridized carbons (Fsp3) is 0.625. The van der Waals surface area contributed by atoms with Gasteiger partial charge in [0.05, 0.1) is 12.2 Å². The first-order valence-electron chi connectivity index (χ1n) is 4.18. The first-order chi connectivity index (χ1) is 6.30. The van der Waals surface area contributed by atoms with Gasteiger partial charge >= 0.3 is 6.18 Å². The van der Waals surface area contributed by atoms with E-state index in [0.29, 0.717) is 5.69 Å². The van der Waals surface area contributed by atoms with E-state index in [2.05, 4.69) is 5.10 Å². The summed E-state index contributed by atoms with van der Waals surface area (Å²) >= 11 is 0. The van der Waals surface area contributed by atoms with Gasteiger partial charge in [-0.15, -0.1) is 0 Å². The number of nitrogens with zero attached hydrogens (tertiary/aromatic N) is 2. The summed E-state index contributed by atoms with van der Waals surface area (Å²) in [5.41, 5.74) is 5.02. The van der Waals surface area contributed by atoms with Gasteiger partial charge < -0.3 is 5.73 Å².